The topological polar surface area (TPSA) is 62.2 Å². The Labute approximate surface area is 258 Å². The summed E-state index contributed by atoms with van der Waals surface area (Å²) >= 11 is 11.0. The number of rotatable bonds is 10. The van der Waals surface area contributed by atoms with Crippen LogP contribution < -0.4 is 0 Å². The van der Waals surface area contributed by atoms with E-state index in [0.29, 0.717) is 39.0 Å². The molecule has 8 heteroatoms. The molecule has 0 aromatic heterocycles. The van der Waals surface area contributed by atoms with E-state index in [1.807, 2.05) is 0 Å². The molecule has 6 nitrogen and oxygen atoms in total. The molecule has 1 N–H and O–H groups in total. The first-order valence-electron chi connectivity index (χ1n) is 14.9. The lowest BCUT2D eigenvalue weighted by atomic mass is 9.71. The SMILES string of the molecule is CN1C=C(COC2C[C@H](OCC3=C(Br)[C@](C)(c4ccccc4)CC=C3)C(Cl)C[C@]2(C)CN2CCCC2C(=O)O)CC1. The summed E-state index contributed by atoms with van der Waals surface area (Å²) in [5.41, 5.74) is 3.31. The van der Waals surface area contributed by atoms with Crippen LogP contribution in [0.2, 0.25) is 0 Å². The summed E-state index contributed by atoms with van der Waals surface area (Å²) in [4.78, 5) is 16.3. The number of hydrogen-bond donors (Lipinski definition) is 1. The van der Waals surface area contributed by atoms with Crippen LogP contribution >= 0.6 is 27.5 Å². The number of halogens is 2. The van der Waals surface area contributed by atoms with Gasteiger partial charge in [-0.05, 0) is 55.4 Å². The molecule has 224 valence electrons. The molecule has 0 bridgehead atoms. The summed E-state index contributed by atoms with van der Waals surface area (Å²) in [5.74, 6) is -0.732. The van der Waals surface area contributed by atoms with Gasteiger partial charge in [-0.2, -0.15) is 0 Å². The van der Waals surface area contributed by atoms with Crippen molar-refractivity contribution >= 4 is 33.5 Å². The van der Waals surface area contributed by atoms with Gasteiger partial charge in [0.15, 0.2) is 0 Å². The van der Waals surface area contributed by atoms with E-state index in [9.17, 15) is 9.90 Å². The fraction of sp³-hybridized carbons (Fsp3) is 0.606. The van der Waals surface area contributed by atoms with Crippen molar-refractivity contribution in [3.05, 3.63) is 69.9 Å². The molecule has 2 fully saturated rings. The van der Waals surface area contributed by atoms with E-state index in [0.717, 1.165) is 42.4 Å². The Morgan fingerprint density at radius 2 is 1.95 bits per heavy atom. The fourth-order valence-corrected chi connectivity index (χ4v) is 8.27. The first-order valence-corrected chi connectivity index (χ1v) is 16.2. The zero-order chi connectivity index (χ0) is 29.2. The van der Waals surface area contributed by atoms with Crippen molar-refractivity contribution < 1.29 is 19.4 Å². The summed E-state index contributed by atoms with van der Waals surface area (Å²) in [5, 5.41) is 9.62. The summed E-state index contributed by atoms with van der Waals surface area (Å²) in [6.45, 7) is 8.04. The Balaban J connectivity index is 1.31. The lowest BCUT2D eigenvalue weighted by Gasteiger charge is -2.48. The Kier molecular flexibility index (Phi) is 9.71. The van der Waals surface area contributed by atoms with Gasteiger partial charge in [-0.3, -0.25) is 9.69 Å². The molecule has 0 amide bonds. The van der Waals surface area contributed by atoms with E-state index in [2.05, 4.69) is 95.3 Å². The summed E-state index contributed by atoms with van der Waals surface area (Å²) in [7, 11) is 2.09. The molecule has 41 heavy (non-hydrogen) atoms. The standard InChI is InChI=1S/C33H44BrClN2O4/c1-32(22-37-15-8-12-27(37)31(38)39)18-26(35)28(17-29(32)41-20-23-13-16-36(3)19-23)40-21-24-9-7-14-33(2,30(24)34)25-10-5-4-6-11-25/h4-7,9-11,19,26-29H,8,12-18,20-22H2,1-3H3,(H,38,39)/t26?,27?,28-,29?,32+,33-/m0/s1. The largest absolute Gasteiger partial charge is 0.480 e. The Morgan fingerprint density at radius 1 is 1.17 bits per heavy atom. The number of carboxylic acids is 1. The van der Waals surface area contributed by atoms with Crippen molar-refractivity contribution in [1.82, 2.24) is 9.80 Å². The molecule has 2 aliphatic carbocycles. The molecular formula is C33H44BrClN2O4. The van der Waals surface area contributed by atoms with Crippen LogP contribution in [0.5, 0.6) is 0 Å². The second kappa shape index (κ2) is 12.9. The molecule has 1 aromatic rings. The highest BCUT2D eigenvalue weighted by atomic mass is 79.9. The number of ether oxygens (including phenoxy) is 2. The Hall–Kier alpha value is -1.64. The number of alkyl halides is 1. The highest BCUT2D eigenvalue weighted by molar-refractivity contribution is 9.11. The molecule has 1 saturated carbocycles. The van der Waals surface area contributed by atoms with Crippen molar-refractivity contribution in [3.63, 3.8) is 0 Å². The monoisotopic (exact) mass is 646 g/mol. The molecule has 1 saturated heterocycles. The molecule has 2 aliphatic heterocycles. The lowest BCUT2D eigenvalue weighted by Crippen LogP contribution is -2.54. The molecular weight excluding hydrogens is 604 g/mol. The smallest absolute Gasteiger partial charge is 0.320 e. The van der Waals surface area contributed by atoms with Gasteiger partial charge in [-0.15, -0.1) is 11.6 Å². The quantitative estimate of drug-likeness (QED) is 0.293. The molecule has 4 aliphatic rings. The van der Waals surface area contributed by atoms with Crippen molar-refractivity contribution in [3.8, 4) is 0 Å². The zero-order valence-electron chi connectivity index (χ0n) is 24.5. The van der Waals surface area contributed by atoms with Crippen LogP contribution in [0, 0.1) is 5.41 Å². The second-order valence-corrected chi connectivity index (χ2v) is 14.2. The second-order valence-electron chi connectivity index (χ2n) is 12.9. The lowest BCUT2D eigenvalue weighted by molar-refractivity contribution is -0.145. The van der Waals surface area contributed by atoms with Crippen LogP contribution in [0.3, 0.4) is 0 Å². The van der Waals surface area contributed by atoms with E-state index in [4.69, 9.17) is 21.1 Å². The van der Waals surface area contributed by atoms with Crippen LogP contribution in [0.1, 0.15) is 57.9 Å². The van der Waals surface area contributed by atoms with Gasteiger partial charge >= 0.3 is 5.97 Å². The minimum atomic E-state index is -0.732. The highest BCUT2D eigenvalue weighted by Gasteiger charge is 2.48. The first-order chi connectivity index (χ1) is 19.6. The number of nitrogens with zero attached hydrogens (tertiary/aromatic N) is 2. The predicted molar refractivity (Wildman–Crippen MR) is 168 cm³/mol. The Bertz CT molecular complexity index is 1190. The first kappa shape index (κ1) is 30.8. The van der Waals surface area contributed by atoms with Gasteiger partial charge in [-0.1, -0.05) is 72.3 Å². The summed E-state index contributed by atoms with van der Waals surface area (Å²) < 4.78 is 14.4. The highest BCUT2D eigenvalue weighted by Crippen LogP contribution is 2.46. The van der Waals surface area contributed by atoms with Gasteiger partial charge in [0.2, 0.25) is 0 Å². The maximum atomic E-state index is 11.9. The van der Waals surface area contributed by atoms with Crippen LogP contribution in [0.15, 0.2) is 64.3 Å². The van der Waals surface area contributed by atoms with Crippen LogP contribution in [-0.2, 0) is 19.7 Å². The average Bonchev–Trinajstić information content (AvgIpc) is 3.58. The number of aliphatic carboxylic acids is 1. The third-order valence-electron chi connectivity index (χ3n) is 9.64. The van der Waals surface area contributed by atoms with E-state index in [-0.39, 0.29) is 28.4 Å². The predicted octanol–water partition coefficient (Wildman–Crippen LogP) is 6.50. The molecule has 0 radical (unpaired) electrons. The van der Waals surface area contributed by atoms with Crippen LogP contribution in [0.4, 0.5) is 0 Å². The molecule has 3 unspecified atom stereocenters. The minimum absolute atomic E-state index is 0.0850. The maximum Gasteiger partial charge on any atom is 0.320 e. The van der Waals surface area contributed by atoms with Gasteiger partial charge in [0.05, 0.1) is 30.8 Å². The van der Waals surface area contributed by atoms with Gasteiger partial charge < -0.3 is 19.5 Å². The van der Waals surface area contributed by atoms with E-state index in [1.54, 1.807) is 0 Å². The number of benzene rings is 1. The molecule has 6 atom stereocenters. The van der Waals surface area contributed by atoms with Gasteiger partial charge in [0.25, 0.3) is 0 Å². The maximum absolute atomic E-state index is 11.9. The summed E-state index contributed by atoms with van der Waals surface area (Å²) in [6, 6.07) is 10.2. The van der Waals surface area contributed by atoms with E-state index < -0.39 is 12.0 Å². The van der Waals surface area contributed by atoms with Crippen molar-refractivity contribution in [2.75, 3.05) is 39.9 Å². The zero-order valence-corrected chi connectivity index (χ0v) is 26.9. The number of allylic oxidation sites excluding steroid dienone is 2. The van der Waals surface area contributed by atoms with Crippen molar-refractivity contribution in [1.29, 1.82) is 0 Å². The summed E-state index contributed by atoms with van der Waals surface area (Å²) in [6.07, 6.45) is 11.3. The fourth-order valence-electron chi connectivity index (χ4n) is 7.11. The Morgan fingerprint density at radius 3 is 2.66 bits per heavy atom. The number of carbonyl (C=O) groups is 1. The minimum Gasteiger partial charge on any atom is -0.480 e. The third kappa shape index (κ3) is 6.80. The van der Waals surface area contributed by atoms with E-state index in [1.165, 1.54) is 11.1 Å². The number of hydrogen-bond acceptors (Lipinski definition) is 5. The van der Waals surface area contributed by atoms with Crippen molar-refractivity contribution in [2.24, 2.45) is 5.41 Å². The molecule has 1 aromatic carbocycles. The molecule has 5 rings (SSSR count). The van der Waals surface area contributed by atoms with Gasteiger partial charge in [0.1, 0.15) is 6.04 Å². The van der Waals surface area contributed by atoms with Gasteiger partial charge in [-0.25, -0.2) is 0 Å². The molecule has 0 spiro atoms. The number of carboxylic acid groups (broad SMARTS) is 1. The molecule has 2 heterocycles. The van der Waals surface area contributed by atoms with E-state index >= 15 is 0 Å². The number of likely N-dealkylation sites (tertiary alicyclic amines) is 1. The van der Waals surface area contributed by atoms with Crippen LogP contribution in [-0.4, -0.2) is 84.4 Å². The van der Waals surface area contributed by atoms with Crippen LogP contribution in [0.25, 0.3) is 0 Å². The third-order valence-corrected chi connectivity index (χ3v) is 11.5. The van der Waals surface area contributed by atoms with Crippen molar-refractivity contribution in [2.45, 2.75) is 81.4 Å². The normalized spacial score (nSPS) is 34.4. The average molecular weight is 648 g/mol. The van der Waals surface area contributed by atoms with Gasteiger partial charge in [0, 0.05) is 48.1 Å².